The summed E-state index contributed by atoms with van der Waals surface area (Å²) in [5.74, 6) is 2.18. The van der Waals surface area contributed by atoms with Gasteiger partial charge in [0.1, 0.15) is 11.3 Å². The van der Waals surface area contributed by atoms with Gasteiger partial charge < -0.3 is 9.80 Å². The van der Waals surface area contributed by atoms with Gasteiger partial charge in [-0.05, 0) is 6.54 Å². The second kappa shape index (κ2) is 5.17. The summed E-state index contributed by atoms with van der Waals surface area (Å²) < 4.78 is 2.16. The maximum Gasteiger partial charge on any atom is 0.154 e. The van der Waals surface area contributed by atoms with E-state index in [1.54, 1.807) is 0 Å². The Morgan fingerprint density at radius 1 is 1.11 bits per heavy atom. The SMILES string of the molecule is CCc1ncc2c(N3CCN(CC)CC3)nccn12. The highest BCUT2D eigenvalue weighted by molar-refractivity contribution is 5.68. The summed E-state index contributed by atoms with van der Waals surface area (Å²) in [6, 6.07) is 0. The minimum atomic E-state index is 0.946. The zero-order valence-electron chi connectivity index (χ0n) is 11.7. The van der Waals surface area contributed by atoms with Crippen molar-refractivity contribution in [2.24, 2.45) is 0 Å². The number of aryl methyl sites for hydroxylation is 1. The molecule has 0 spiro atoms. The molecule has 2 aromatic rings. The van der Waals surface area contributed by atoms with Gasteiger partial charge in [0.2, 0.25) is 0 Å². The third kappa shape index (κ3) is 2.18. The monoisotopic (exact) mass is 259 g/mol. The number of fused-ring (bicyclic) bond motifs is 1. The predicted molar refractivity (Wildman–Crippen MR) is 76.7 cm³/mol. The van der Waals surface area contributed by atoms with Gasteiger partial charge in [0.15, 0.2) is 5.82 Å². The summed E-state index contributed by atoms with van der Waals surface area (Å²) in [4.78, 5) is 13.9. The van der Waals surface area contributed by atoms with Crippen molar-refractivity contribution in [3.05, 3.63) is 24.4 Å². The molecule has 0 atom stereocenters. The lowest BCUT2D eigenvalue weighted by molar-refractivity contribution is 0.270. The van der Waals surface area contributed by atoms with Gasteiger partial charge >= 0.3 is 0 Å². The molecule has 0 aromatic carbocycles. The van der Waals surface area contributed by atoms with Gasteiger partial charge in [0.25, 0.3) is 0 Å². The highest BCUT2D eigenvalue weighted by Gasteiger charge is 2.19. The normalized spacial score (nSPS) is 17.3. The molecule has 19 heavy (non-hydrogen) atoms. The van der Waals surface area contributed by atoms with E-state index in [0.29, 0.717) is 0 Å². The third-order valence-electron chi connectivity index (χ3n) is 3.95. The van der Waals surface area contributed by atoms with E-state index in [9.17, 15) is 0 Å². The molecule has 0 saturated carbocycles. The van der Waals surface area contributed by atoms with Gasteiger partial charge in [0, 0.05) is 45.0 Å². The number of likely N-dealkylation sites (N-methyl/N-ethyl adjacent to an activating group) is 1. The van der Waals surface area contributed by atoms with Crippen molar-refractivity contribution in [2.75, 3.05) is 37.6 Å². The molecule has 0 unspecified atom stereocenters. The number of hydrogen-bond acceptors (Lipinski definition) is 4. The summed E-state index contributed by atoms with van der Waals surface area (Å²) in [5, 5.41) is 0. The van der Waals surface area contributed by atoms with E-state index < -0.39 is 0 Å². The average Bonchev–Trinajstić information content (AvgIpc) is 2.90. The molecule has 3 rings (SSSR count). The van der Waals surface area contributed by atoms with E-state index in [2.05, 4.69) is 38.0 Å². The molecule has 0 amide bonds. The summed E-state index contributed by atoms with van der Waals surface area (Å²) >= 11 is 0. The van der Waals surface area contributed by atoms with Crippen LogP contribution in [0.4, 0.5) is 5.82 Å². The zero-order valence-corrected chi connectivity index (χ0v) is 11.7. The number of anilines is 1. The molecule has 1 fully saturated rings. The standard InChI is InChI=1S/C14H21N5/c1-3-13-16-11-12-14(15-5-6-19(12)13)18-9-7-17(4-2)8-10-18/h5-6,11H,3-4,7-10H2,1-2H3. The zero-order chi connectivity index (χ0) is 13.2. The van der Waals surface area contributed by atoms with Gasteiger partial charge in [-0.25, -0.2) is 9.97 Å². The van der Waals surface area contributed by atoms with Crippen LogP contribution >= 0.6 is 0 Å². The van der Waals surface area contributed by atoms with Gasteiger partial charge in [-0.1, -0.05) is 13.8 Å². The van der Waals surface area contributed by atoms with Gasteiger partial charge in [-0.15, -0.1) is 0 Å². The maximum atomic E-state index is 4.58. The fraction of sp³-hybridized carbons (Fsp3) is 0.571. The van der Waals surface area contributed by atoms with Crippen LogP contribution in [0, 0.1) is 0 Å². The molecule has 5 heteroatoms. The van der Waals surface area contributed by atoms with Crippen molar-refractivity contribution in [3.63, 3.8) is 0 Å². The highest BCUT2D eigenvalue weighted by atomic mass is 15.3. The Balaban J connectivity index is 1.91. The molecular formula is C14H21N5. The van der Waals surface area contributed by atoms with Crippen molar-refractivity contribution >= 4 is 11.3 Å². The van der Waals surface area contributed by atoms with Crippen LogP contribution in [0.15, 0.2) is 18.6 Å². The first kappa shape index (κ1) is 12.4. The fourth-order valence-electron chi connectivity index (χ4n) is 2.75. The Bertz CT molecular complexity index is 554. The van der Waals surface area contributed by atoms with Gasteiger partial charge in [-0.2, -0.15) is 0 Å². The van der Waals surface area contributed by atoms with Crippen molar-refractivity contribution in [1.29, 1.82) is 0 Å². The van der Waals surface area contributed by atoms with E-state index >= 15 is 0 Å². The minimum absolute atomic E-state index is 0.946. The van der Waals surface area contributed by atoms with Crippen LogP contribution in [-0.2, 0) is 6.42 Å². The first-order valence-electron chi connectivity index (χ1n) is 7.11. The van der Waals surface area contributed by atoms with Crippen molar-refractivity contribution in [2.45, 2.75) is 20.3 Å². The summed E-state index contributed by atoms with van der Waals surface area (Å²) in [7, 11) is 0. The fourth-order valence-corrected chi connectivity index (χ4v) is 2.75. The Morgan fingerprint density at radius 3 is 2.58 bits per heavy atom. The van der Waals surface area contributed by atoms with Crippen LogP contribution in [0.25, 0.3) is 5.52 Å². The number of aromatic nitrogens is 3. The number of hydrogen-bond donors (Lipinski definition) is 0. The third-order valence-corrected chi connectivity index (χ3v) is 3.95. The summed E-state index contributed by atoms with van der Waals surface area (Å²) in [6.07, 6.45) is 6.79. The molecule has 3 heterocycles. The van der Waals surface area contributed by atoms with Gasteiger partial charge in [0.05, 0.1) is 6.20 Å². The predicted octanol–water partition coefficient (Wildman–Crippen LogP) is 1.43. The lowest BCUT2D eigenvalue weighted by atomic mass is 10.3. The van der Waals surface area contributed by atoms with Gasteiger partial charge in [-0.3, -0.25) is 4.40 Å². The molecule has 1 aliphatic rings. The molecule has 1 saturated heterocycles. The number of imidazole rings is 1. The first-order valence-corrected chi connectivity index (χ1v) is 7.11. The quantitative estimate of drug-likeness (QED) is 0.835. The molecule has 0 bridgehead atoms. The van der Waals surface area contributed by atoms with Crippen molar-refractivity contribution in [3.8, 4) is 0 Å². The number of rotatable bonds is 3. The van der Waals surface area contributed by atoms with Crippen LogP contribution in [0.1, 0.15) is 19.7 Å². The second-order valence-electron chi connectivity index (χ2n) is 4.96. The van der Waals surface area contributed by atoms with Crippen LogP contribution in [0.2, 0.25) is 0 Å². The Kier molecular flexibility index (Phi) is 3.38. The lowest BCUT2D eigenvalue weighted by Crippen LogP contribution is -2.46. The van der Waals surface area contributed by atoms with E-state index in [1.807, 2.05) is 18.6 Å². The van der Waals surface area contributed by atoms with Crippen molar-refractivity contribution < 1.29 is 0 Å². The molecule has 2 aromatic heterocycles. The topological polar surface area (TPSA) is 36.7 Å². The Morgan fingerprint density at radius 2 is 1.89 bits per heavy atom. The molecule has 0 radical (unpaired) electrons. The lowest BCUT2D eigenvalue weighted by Gasteiger charge is -2.34. The van der Waals surface area contributed by atoms with E-state index in [-0.39, 0.29) is 0 Å². The second-order valence-corrected chi connectivity index (χ2v) is 4.96. The molecule has 102 valence electrons. The van der Waals surface area contributed by atoms with Crippen LogP contribution in [0.5, 0.6) is 0 Å². The average molecular weight is 259 g/mol. The largest absolute Gasteiger partial charge is 0.352 e. The Hall–Kier alpha value is -1.62. The first-order chi connectivity index (χ1) is 9.33. The molecular weight excluding hydrogens is 238 g/mol. The highest BCUT2D eigenvalue weighted by Crippen LogP contribution is 2.21. The van der Waals surface area contributed by atoms with E-state index in [1.165, 1.54) is 0 Å². The van der Waals surface area contributed by atoms with E-state index in [4.69, 9.17) is 0 Å². The molecule has 0 N–H and O–H groups in total. The van der Waals surface area contributed by atoms with Crippen molar-refractivity contribution in [1.82, 2.24) is 19.3 Å². The van der Waals surface area contributed by atoms with Crippen LogP contribution < -0.4 is 4.90 Å². The smallest absolute Gasteiger partial charge is 0.154 e. The van der Waals surface area contributed by atoms with Crippen LogP contribution in [0.3, 0.4) is 0 Å². The molecule has 1 aliphatic heterocycles. The summed E-state index contributed by atoms with van der Waals surface area (Å²) in [6.45, 7) is 9.83. The molecule has 0 aliphatic carbocycles. The Labute approximate surface area is 113 Å². The van der Waals surface area contributed by atoms with Crippen LogP contribution in [-0.4, -0.2) is 52.0 Å². The number of piperazine rings is 1. The minimum Gasteiger partial charge on any atom is -0.352 e. The number of nitrogens with zero attached hydrogens (tertiary/aromatic N) is 5. The maximum absolute atomic E-state index is 4.58. The van der Waals surface area contributed by atoms with E-state index in [0.717, 1.165) is 56.3 Å². The summed E-state index contributed by atoms with van der Waals surface area (Å²) in [5.41, 5.74) is 1.13. The molecule has 5 nitrogen and oxygen atoms in total.